The van der Waals surface area contributed by atoms with E-state index in [4.69, 9.17) is 10.5 Å². The second kappa shape index (κ2) is 7.24. The first-order valence-electron chi connectivity index (χ1n) is 8.59. The number of hydrogen-bond acceptors (Lipinski definition) is 3. The summed E-state index contributed by atoms with van der Waals surface area (Å²) in [6, 6.07) is 0. The highest BCUT2D eigenvalue weighted by molar-refractivity contribution is 4.97. The van der Waals surface area contributed by atoms with Crippen LogP contribution in [-0.2, 0) is 4.74 Å². The van der Waals surface area contributed by atoms with Crippen LogP contribution in [0.15, 0.2) is 0 Å². The summed E-state index contributed by atoms with van der Waals surface area (Å²) in [4.78, 5) is 2.74. The van der Waals surface area contributed by atoms with Crippen molar-refractivity contribution < 1.29 is 4.74 Å². The van der Waals surface area contributed by atoms with E-state index in [-0.39, 0.29) is 5.54 Å². The largest absolute Gasteiger partial charge is 0.381 e. The molecule has 1 saturated heterocycles. The van der Waals surface area contributed by atoms with Crippen LogP contribution in [-0.4, -0.2) is 43.3 Å². The first kappa shape index (κ1) is 16.3. The zero-order valence-corrected chi connectivity index (χ0v) is 13.7. The number of likely N-dealkylation sites (tertiary alicyclic amines) is 1. The third kappa shape index (κ3) is 3.55. The minimum absolute atomic E-state index is 0.265. The Bertz CT molecular complexity index is 285. The molecule has 0 aromatic carbocycles. The Morgan fingerprint density at radius 3 is 2.40 bits per heavy atom. The lowest BCUT2D eigenvalue weighted by atomic mass is 9.78. The average Bonchev–Trinajstić information content (AvgIpc) is 2.73. The maximum Gasteiger partial charge on any atom is 0.0572 e. The van der Waals surface area contributed by atoms with Crippen LogP contribution in [0.3, 0.4) is 0 Å². The van der Waals surface area contributed by atoms with E-state index < -0.39 is 0 Å². The number of hydrogen-bond donors (Lipinski definition) is 1. The minimum Gasteiger partial charge on any atom is -0.381 e. The molecule has 0 amide bonds. The smallest absolute Gasteiger partial charge is 0.0572 e. The maximum absolute atomic E-state index is 6.22. The summed E-state index contributed by atoms with van der Waals surface area (Å²) >= 11 is 0. The summed E-state index contributed by atoms with van der Waals surface area (Å²) in [6.45, 7) is 8.07. The maximum atomic E-state index is 6.22. The zero-order chi connectivity index (χ0) is 14.6. The number of nitrogens with two attached hydrogens (primary N) is 1. The van der Waals surface area contributed by atoms with Gasteiger partial charge in [-0.1, -0.05) is 13.8 Å². The van der Waals surface area contributed by atoms with Crippen molar-refractivity contribution >= 4 is 0 Å². The standard InChI is InChI=1S/C17H34N2O/c1-14(2)15-5-4-11-19(12-8-15)17(13-18)9-6-16(20-3)7-10-17/h14-16H,4-13,18H2,1-3H3. The Labute approximate surface area is 125 Å². The van der Waals surface area contributed by atoms with E-state index in [1.165, 1.54) is 58.0 Å². The molecule has 1 heterocycles. The van der Waals surface area contributed by atoms with E-state index in [1.807, 2.05) is 7.11 Å². The molecule has 0 bridgehead atoms. The Balaban J connectivity index is 1.97. The molecule has 1 aliphatic heterocycles. The van der Waals surface area contributed by atoms with Crippen LogP contribution in [0.2, 0.25) is 0 Å². The van der Waals surface area contributed by atoms with E-state index in [2.05, 4.69) is 18.7 Å². The van der Waals surface area contributed by atoms with Gasteiger partial charge >= 0.3 is 0 Å². The van der Waals surface area contributed by atoms with Crippen LogP contribution in [0.4, 0.5) is 0 Å². The summed E-state index contributed by atoms with van der Waals surface area (Å²) in [6.07, 6.45) is 9.35. The number of rotatable bonds is 4. The van der Waals surface area contributed by atoms with Gasteiger partial charge in [-0.25, -0.2) is 0 Å². The molecule has 0 aromatic rings. The van der Waals surface area contributed by atoms with Gasteiger partial charge in [-0.3, -0.25) is 4.90 Å². The quantitative estimate of drug-likeness (QED) is 0.861. The SMILES string of the molecule is COC1CCC(CN)(N2CCCC(C(C)C)CC2)CC1. The Hall–Kier alpha value is -0.120. The van der Waals surface area contributed by atoms with Gasteiger partial charge < -0.3 is 10.5 Å². The number of ether oxygens (including phenoxy) is 1. The first-order valence-corrected chi connectivity index (χ1v) is 8.59. The van der Waals surface area contributed by atoms with Crippen molar-refractivity contribution in [2.75, 3.05) is 26.7 Å². The fourth-order valence-electron chi connectivity index (χ4n) is 4.28. The molecule has 0 spiro atoms. The zero-order valence-electron chi connectivity index (χ0n) is 13.7. The summed E-state index contributed by atoms with van der Waals surface area (Å²) in [5, 5.41) is 0. The summed E-state index contributed by atoms with van der Waals surface area (Å²) in [5.74, 6) is 1.73. The lowest BCUT2D eigenvalue weighted by Crippen LogP contribution is -2.56. The molecule has 1 unspecified atom stereocenters. The predicted molar refractivity (Wildman–Crippen MR) is 84.8 cm³/mol. The van der Waals surface area contributed by atoms with E-state index in [0.29, 0.717) is 6.10 Å². The second-order valence-electron chi connectivity index (χ2n) is 7.29. The predicted octanol–water partition coefficient (Wildman–Crippen LogP) is 3.03. The molecule has 0 aromatic heterocycles. The van der Waals surface area contributed by atoms with Crippen molar-refractivity contribution in [1.29, 1.82) is 0 Å². The van der Waals surface area contributed by atoms with Gasteiger partial charge in [-0.15, -0.1) is 0 Å². The highest BCUT2D eigenvalue weighted by Crippen LogP contribution is 2.36. The van der Waals surface area contributed by atoms with Gasteiger partial charge in [0.2, 0.25) is 0 Å². The van der Waals surface area contributed by atoms with Gasteiger partial charge in [-0.2, -0.15) is 0 Å². The highest BCUT2D eigenvalue weighted by Gasteiger charge is 2.40. The molecule has 2 N–H and O–H groups in total. The summed E-state index contributed by atoms with van der Waals surface area (Å²) in [7, 11) is 1.85. The Morgan fingerprint density at radius 1 is 1.15 bits per heavy atom. The van der Waals surface area contributed by atoms with Crippen molar-refractivity contribution in [2.45, 2.75) is 70.4 Å². The van der Waals surface area contributed by atoms with Gasteiger partial charge in [-0.05, 0) is 69.9 Å². The molecule has 118 valence electrons. The lowest BCUT2D eigenvalue weighted by molar-refractivity contribution is -0.00623. The van der Waals surface area contributed by atoms with Crippen molar-refractivity contribution in [3.8, 4) is 0 Å². The van der Waals surface area contributed by atoms with Gasteiger partial charge in [0.05, 0.1) is 6.10 Å². The van der Waals surface area contributed by atoms with Crippen LogP contribution in [0.5, 0.6) is 0 Å². The molecule has 2 rings (SSSR count). The first-order chi connectivity index (χ1) is 9.61. The Morgan fingerprint density at radius 2 is 1.85 bits per heavy atom. The minimum atomic E-state index is 0.265. The molecule has 1 aliphatic carbocycles. The van der Waals surface area contributed by atoms with Crippen LogP contribution in [0.1, 0.15) is 58.8 Å². The van der Waals surface area contributed by atoms with Crippen molar-refractivity contribution in [1.82, 2.24) is 4.90 Å². The molecule has 2 aliphatic rings. The van der Waals surface area contributed by atoms with Gasteiger partial charge in [0.1, 0.15) is 0 Å². The van der Waals surface area contributed by atoms with E-state index >= 15 is 0 Å². The van der Waals surface area contributed by atoms with Gasteiger partial charge in [0.25, 0.3) is 0 Å². The molecule has 20 heavy (non-hydrogen) atoms. The number of nitrogens with zero attached hydrogens (tertiary/aromatic N) is 1. The molecule has 1 atom stereocenters. The average molecular weight is 282 g/mol. The van der Waals surface area contributed by atoms with Gasteiger partial charge in [0, 0.05) is 19.2 Å². The van der Waals surface area contributed by atoms with Crippen LogP contribution in [0, 0.1) is 11.8 Å². The second-order valence-corrected chi connectivity index (χ2v) is 7.29. The molecule has 3 nitrogen and oxygen atoms in total. The number of methoxy groups -OCH3 is 1. The van der Waals surface area contributed by atoms with Crippen molar-refractivity contribution in [3.05, 3.63) is 0 Å². The van der Waals surface area contributed by atoms with Crippen molar-refractivity contribution in [3.63, 3.8) is 0 Å². The van der Waals surface area contributed by atoms with Crippen LogP contribution >= 0.6 is 0 Å². The Kier molecular flexibility index (Phi) is 5.88. The normalized spacial score (nSPS) is 37.0. The van der Waals surface area contributed by atoms with Crippen LogP contribution in [0.25, 0.3) is 0 Å². The third-order valence-electron chi connectivity index (χ3n) is 5.96. The molecule has 2 fully saturated rings. The molecule has 0 radical (unpaired) electrons. The van der Waals surface area contributed by atoms with E-state index in [0.717, 1.165) is 18.4 Å². The fraction of sp³-hybridized carbons (Fsp3) is 1.00. The molecule has 3 heteroatoms. The van der Waals surface area contributed by atoms with Gasteiger partial charge in [0.15, 0.2) is 0 Å². The molecular weight excluding hydrogens is 248 g/mol. The third-order valence-corrected chi connectivity index (χ3v) is 5.96. The van der Waals surface area contributed by atoms with E-state index in [9.17, 15) is 0 Å². The lowest BCUT2D eigenvalue weighted by Gasteiger charge is -2.47. The molecule has 1 saturated carbocycles. The fourth-order valence-corrected chi connectivity index (χ4v) is 4.28. The van der Waals surface area contributed by atoms with Crippen LogP contribution < -0.4 is 5.73 Å². The topological polar surface area (TPSA) is 38.5 Å². The monoisotopic (exact) mass is 282 g/mol. The highest BCUT2D eigenvalue weighted by atomic mass is 16.5. The summed E-state index contributed by atoms with van der Waals surface area (Å²) in [5.41, 5.74) is 6.48. The van der Waals surface area contributed by atoms with E-state index in [1.54, 1.807) is 0 Å². The van der Waals surface area contributed by atoms with Crippen molar-refractivity contribution in [2.24, 2.45) is 17.6 Å². The molecular formula is C17H34N2O. The summed E-state index contributed by atoms with van der Waals surface area (Å²) < 4.78 is 5.53.